The smallest absolute Gasteiger partial charge is 0.120 e. The highest BCUT2D eigenvalue weighted by Gasteiger charge is 2.19. The maximum Gasteiger partial charge on any atom is 0.120 e. The molecule has 0 aliphatic carbocycles. The van der Waals surface area contributed by atoms with Gasteiger partial charge < -0.3 is 10.1 Å². The SMILES string of the molecule is CCc1cc(OC(CNC(C)(C)C)C(C)C)ccc1Cl. The Labute approximate surface area is 128 Å². The molecule has 2 nitrogen and oxygen atoms in total. The molecule has 0 bridgehead atoms. The minimum Gasteiger partial charge on any atom is -0.489 e. The summed E-state index contributed by atoms with van der Waals surface area (Å²) in [7, 11) is 0. The molecule has 0 heterocycles. The van der Waals surface area contributed by atoms with E-state index in [2.05, 4.69) is 52.9 Å². The number of benzene rings is 1. The number of hydrogen-bond donors (Lipinski definition) is 1. The van der Waals surface area contributed by atoms with Gasteiger partial charge in [-0.1, -0.05) is 32.4 Å². The predicted molar refractivity (Wildman–Crippen MR) is 87.8 cm³/mol. The first-order valence-electron chi connectivity index (χ1n) is 7.43. The van der Waals surface area contributed by atoms with E-state index in [1.54, 1.807) is 0 Å². The summed E-state index contributed by atoms with van der Waals surface area (Å²) in [4.78, 5) is 0. The average molecular weight is 298 g/mol. The number of halogens is 1. The molecule has 1 atom stereocenters. The first kappa shape index (κ1) is 17.3. The number of rotatable bonds is 6. The van der Waals surface area contributed by atoms with Gasteiger partial charge in [-0.3, -0.25) is 0 Å². The number of ether oxygens (including phenoxy) is 1. The molecule has 1 unspecified atom stereocenters. The van der Waals surface area contributed by atoms with Crippen LogP contribution in [0.2, 0.25) is 5.02 Å². The van der Waals surface area contributed by atoms with Gasteiger partial charge in [0.2, 0.25) is 0 Å². The van der Waals surface area contributed by atoms with Crippen molar-refractivity contribution < 1.29 is 4.74 Å². The van der Waals surface area contributed by atoms with Crippen LogP contribution in [0.1, 0.15) is 47.1 Å². The molecular weight excluding hydrogens is 270 g/mol. The minimum absolute atomic E-state index is 0.102. The van der Waals surface area contributed by atoms with Crippen LogP contribution in [0.25, 0.3) is 0 Å². The van der Waals surface area contributed by atoms with E-state index in [4.69, 9.17) is 16.3 Å². The van der Waals surface area contributed by atoms with Crippen molar-refractivity contribution in [3.63, 3.8) is 0 Å². The van der Waals surface area contributed by atoms with Crippen molar-refractivity contribution in [2.24, 2.45) is 5.92 Å². The normalized spacial score (nSPS) is 13.6. The lowest BCUT2D eigenvalue weighted by Gasteiger charge is -2.28. The Kier molecular flexibility index (Phi) is 6.35. The molecule has 0 aliphatic heterocycles. The van der Waals surface area contributed by atoms with E-state index in [0.717, 1.165) is 29.3 Å². The van der Waals surface area contributed by atoms with Gasteiger partial charge in [-0.15, -0.1) is 0 Å². The van der Waals surface area contributed by atoms with E-state index < -0.39 is 0 Å². The Balaban J connectivity index is 2.75. The Bertz CT molecular complexity index is 423. The fourth-order valence-corrected chi connectivity index (χ4v) is 2.14. The summed E-state index contributed by atoms with van der Waals surface area (Å²) in [5, 5.41) is 4.33. The molecule has 0 saturated heterocycles. The Morgan fingerprint density at radius 2 is 1.90 bits per heavy atom. The van der Waals surface area contributed by atoms with Crippen molar-refractivity contribution in [2.75, 3.05) is 6.54 Å². The van der Waals surface area contributed by atoms with Crippen molar-refractivity contribution in [2.45, 2.75) is 59.6 Å². The van der Waals surface area contributed by atoms with Crippen LogP contribution >= 0.6 is 11.6 Å². The number of hydrogen-bond acceptors (Lipinski definition) is 2. The van der Waals surface area contributed by atoms with Gasteiger partial charge in [-0.2, -0.15) is 0 Å². The molecule has 1 N–H and O–H groups in total. The van der Waals surface area contributed by atoms with Crippen molar-refractivity contribution in [3.05, 3.63) is 28.8 Å². The minimum atomic E-state index is 0.102. The van der Waals surface area contributed by atoms with Crippen LogP contribution in [0, 0.1) is 5.92 Å². The van der Waals surface area contributed by atoms with Gasteiger partial charge >= 0.3 is 0 Å². The van der Waals surface area contributed by atoms with Gasteiger partial charge in [0, 0.05) is 17.1 Å². The van der Waals surface area contributed by atoms with Gasteiger partial charge in [0.15, 0.2) is 0 Å². The molecule has 1 aromatic rings. The third-order valence-electron chi connectivity index (χ3n) is 3.26. The Morgan fingerprint density at radius 1 is 1.25 bits per heavy atom. The summed E-state index contributed by atoms with van der Waals surface area (Å²) in [6, 6.07) is 5.92. The van der Waals surface area contributed by atoms with Crippen LogP contribution in [-0.4, -0.2) is 18.2 Å². The molecule has 0 fully saturated rings. The van der Waals surface area contributed by atoms with E-state index in [0.29, 0.717) is 5.92 Å². The molecule has 3 heteroatoms. The topological polar surface area (TPSA) is 21.3 Å². The van der Waals surface area contributed by atoms with Crippen LogP contribution in [0.4, 0.5) is 0 Å². The van der Waals surface area contributed by atoms with Gasteiger partial charge in [0.25, 0.3) is 0 Å². The van der Waals surface area contributed by atoms with E-state index in [-0.39, 0.29) is 11.6 Å². The lowest BCUT2D eigenvalue weighted by molar-refractivity contribution is 0.139. The van der Waals surface area contributed by atoms with Crippen LogP contribution in [0.3, 0.4) is 0 Å². The number of aryl methyl sites for hydroxylation is 1. The lowest BCUT2D eigenvalue weighted by Crippen LogP contribution is -2.44. The maximum atomic E-state index is 6.15. The molecule has 0 radical (unpaired) electrons. The highest BCUT2D eigenvalue weighted by Crippen LogP contribution is 2.24. The standard InChI is InChI=1S/C17H28ClNO/c1-7-13-10-14(8-9-15(13)18)20-16(12(2)3)11-19-17(4,5)6/h8-10,12,16,19H,7,11H2,1-6H3. The van der Waals surface area contributed by atoms with Gasteiger partial charge in [0.05, 0.1) is 0 Å². The summed E-state index contributed by atoms with van der Waals surface area (Å²) < 4.78 is 6.15. The van der Waals surface area contributed by atoms with E-state index >= 15 is 0 Å². The second-order valence-corrected chi connectivity index (χ2v) is 7.05. The molecule has 1 rings (SSSR count). The van der Waals surface area contributed by atoms with E-state index in [1.807, 2.05) is 12.1 Å². The van der Waals surface area contributed by atoms with Gasteiger partial charge in [-0.25, -0.2) is 0 Å². The predicted octanol–water partition coefficient (Wildman–Crippen LogP) is 4.69. The maximum absolute atomic E-state index is 6.15. The van der Waals surface area contributed by atoms with Crippen molar-refractivity contribution in [1.82, 2.24) is 5.32 Å². The third kappa shape index (κ3) is 5.72. The number of nitrogens with one attached hydrogen (secondary N) is 1. The molecular formula is C17H28ClNO. The second kappa shape index (κ2) is 7.33. The largest absolute Gasteiger partial charge is 0.489 e. The van der Waals surface area contributed by atoms with E-state index in [1.165, 1.54) is 0 Å². The summed E-state index contributed by atoms with van der Waals surface area (Å²) in [5.41, 5.74) is 1.24. The fourth-order valence-electron chi connectivity index (χ4n) is 1.89. The highest BCUT2D eigenvalue weighted by molar-refractivity contribution is 6.31. The molecule has 0 amide bonds. The molecule has 0 spiro atoms. The summed E-state index contributed by atoms with van der Waals surface area (Å²) >= 11 is 6.15. The second-order valence-electron chi connectivity index (χ2n) is 6.64. The summed E-state index contributed by atoms with van der Waals surface area (Å²) in [5.74, 6) is 1.35. The van der Waals surface area contributed by atoms with Crippen LogP contribution in [0.15, 0.2) is 18.2 Å². The molecule has 0 aromatic heterocycles. The third-order valence-corrected chi connectivity index (χ3v) is 3.63. The molecule has 114 valence electrons. The quantitative estimate of drug-likeness (QED) is 0.822. The first-order chi connectivity index (χ1) is 9.23. The van der Waals surface area contributed by atoms with E-state index in [9.17, 15) is 0 Å². The molecule has 0 aliphatic rings. The summed E-state index contributed by atoms with van der Waals surface area (Å²) in [6.45, 7) is 13.8. The zero-order valence-corrected chi connectivity index (χ0v) is 14.3. The lowest BCUT2D eigenvalue weighted by atomic mass is 10.0. The van der Waals surface area contributed by atoms with Crippen LogP contribution in [-0.2, 0) is 6.42 Å². The van der Waals surface area contributed by atoms with Crippen molar-refractivity contribution in [1.29, 1.82) is 0 Å². The monoisotopic (exact) mass is 297 g/mol. The average Bonchev–Trinajstić information content (AvgIpc) is 2.34. The molecule has 1 aromatic carbocycles. The van der Waals surface area contributed by atoms with Crippen molar-refractivity contribution in [3.8, 4) is 5.75 Å². The Morgan fingerprint density at radius 3 is 2.40 bits per heavy atom. The van der Waals surface area contributed by atoms with Crippen LogP contribution < -0.4 is 10.1 Å². The Hall–Kier alpha value is -0.730. The zero-order chi connectivity index (χ0) is 15.3. The molecule has 20 heavy (non-hydrogen) atoms. The molecule has 0 saturated carbocycles. The van der Waals surface area contributed by atoms with Crippen molar-refractivity contribution >= 4 is 11.6 Å². The summed E-state index contributed by atoms with van der Waals surface area (Å²) in [6.07, 6.45) is 1.07. The zero-order valence-electron chi connectivity index (χ0n) is 13.6. The van der Waals surface area contributed by atoms with Gasteiger partial charge in [0.1, 0.15) is 11.9 Å². The highest BCUT2D eigenvalue weighted by atomic mass is 35.5. The van der Waals surface area contributed by atoms with Crippen LogP contribution in [0.5, 0.6) is 5.75 Å². The first-order valence-corrected chi connectivity index (χ1v) is 7.81. The van der Waals surface area contributed by atoms with Gasteiger partial charge in [-0.05, 0) is 56.9 Å². The fraction of sp³-hybridized carbons (Fsp3) is 0.647.